The SMILES string of the molecule is O[C@]1(CN2CCCC2)COCCN(Cc2nnc(-c3ccco3)o2)C1. The maximum atomic E-state index is 11.0. The summed E-state index contributed by atoms with van der Waals surface area (Å²) in [4.78, 5) is 4.43. The second-order valence-corrected chi connectivity index (χ2v) is 6.95. The third kappa shape index (κ3) is 4.09. The van der Waals surface area contributed by atoms with Crippen molar-refractivity contribution in [1.82, 2.24) is 20.0 Å². The summed E-state index contributed by atoms with van der Waals surface area (Å²) >= 11 is 0. The van der Waals surface area contributed by atoms with Crippen molar-refractivity contribution in [2.24, 2.45) is 0 Å². The number of nitrogens with zero attached hydrogens (tertiary/aromatic N) is 4. The Balaban J connectivity index is 1.40. The summed E-state index contributed by atoms with van der Waals surface area (Å²) in [6.07, 6.45) is 3.99. The topological polar surface area (TPSA) is 88.0 Å². The molecule has 2 saturated heterocycles. The monoisotopic (exact) mass is 348 g/mol. The number of aromatic nitrogens is 2. The maximum absolute atomic E-state index is 11.0. The summed E-state index contributed by atoms with van der Waals surface area (Å²) in [5.74, 6) is 1.44. The lowest BCUT2D eigenvalue weighted by atomic mass is 10.0. The number of likely N-dealkylation sites (tertiary alicyclic amines) is 1. The highest BCUT2D eigenvalue weighted by atomic mass is 16.5. The average Bonchev–Trinajstić information content (AvgIpc) is 3.31. The van der Waals surface area contributed by atoms with E-state index < -0.39 is 5.60 Å². The average molecular weight is 348 g/mol. The summed E-state index contributed by atoms with van der Waals surface area (Å²) in [5.41, 5.74) is -0.870. The van der Waals surface area contributed by atoms with Crippen molar-refractivity contribution in [3.05, 3.63) is 24.3 Å². The van der Waals surface area contributed by atoms with Crippen LogP contribution in [0.5, 0.6) is 0 Å². The number of β-amino-alcohol motifs (C(OH)–C–C–N with tert-alkyl or cyclic N) is 1. The first kappa shape index (κ1) is 16.7. The van der Waals surface area contributed by atoms with Crippen LogP contribution in [0.4, 0.5) is 0 Å². The fourth-order valence-electron chi connectivity index (χ4n) is 3.59. The molecule has 0 saturated carbocycles. The first-order valence-corrected chi connectivity index (χ1v) is 8.81. The molecular weight excluding hydrogens is 324 g/mol. The molecule has 2 fully saturated rings. The molecule has 0 aliphatic carbocycles. The van der Waals surface area contributed by atoms with Gasteiger partial charge in [-0.1, -0.05) is 0 Å². The van der Waals surface area contributed by atoms with Crippen molar-refractivity contribution in [2.75, 3.05) is 45.9 Å². The van der Waals surface area contributed by atoms with Gasteiger partial charge in [0.25, 0.3) is 5.89 Å². The summed E-state index contributed by atoms with van der Waals surface area (Å²) in [5, 5.41) is 19.2. The van der Waals surface area contributed by atoms with Gasteiger partial charge in [-0.3, -0.25) is 4.90 Å². The minimum absolute atomic E-state index is 0.363. The van der Waals surface area contributed by atoms with E-state index >= 15 is 0 Å². The zero-order valence-corrected chi connectivity index (χ0v) is 14.3. The predicted octanol–water partition coefficient (Wildman–Crippen LogP) is 0.989. The van der Waals surface area contributed by atoms with Crippen LogP contribution in [0.1, 0.15) is 18.7 Å². The number of aliphatic hydroxyl groups is 1. The van der Waals surface area contributed by atoms with Crippen LogP contribution in [0, 0.1) is 0 Å². The molecule has 136 valence electrons. The van der Waals surface area contributed by atoms with Crippen LogP contribution in [0.15, 0.2) is 27.2 Å². The molecule has 2 aliphatic rings. The maximum Gasteiger partial charge on any atom is 0.283 e. The Labute approximate surface area is 146 Å². The van der Waals surface area contributed by atoms with Gasteiger partial charge in [-0.05, 0) is 38.1 Å². The molecule has 0 aromatic carbocycles. The van der Waals surface area contributed by atoms with E-state index in [4.69, 9.17) is 13.6 Å². The molecule has 4 heterocycles. The lowest BCUT2D eigenvalue weighted by Crippen LogP contribution is -2.51. The van der Waals surface area contributed by atoms with Gasteiger partial charge in [0.2, 0.25) is 5.89 Å². The van der Waals surface area contributed by atoms with Crippen LogP contribution >= 0.6 is 0 Å². The van der Waals surface area contributed by atoms with E-state index in [0.717, 1.165) is 19.6 Å². The molecule has 0 bridgehead atoms. The van der Waals surface area contributed by atoms with E-state index in [1.807, 2.05) is 0 Å². The van der Waals surface area contributed by atoms with Crippen molar-refractivity contribution in [3.63, 3.8) is 0 Å². The van der Waals surface area contributed by atoms with E-state index in [-0.39, 0.29) is 0 Å². The standard InChI is InChI=1S/C17H24N4O4/c22-17(11-20-5-1-2-6-20)12-21(7-9-23-13-17)10-15-18-19-16(25-15)14-4-3-8-24-14/h3-4,8,22H,1-2,5-7,9-13H2/t17-/m0/s1. The second kappa shape index (κ2) is 7.25. The third-order valence-electron chi connectivity index (χ3n) is 4.71. The quantitative estimate of drug-likeness (QED) is 0.856. The van der Waals surface area contributed by atoms with Crippen LogP contribution in [-0.2, 0) is 11.3 Å². The molecule has 1 atom stereocenters. The number of ether oxygens (including phenoxy) is 1. The number of hydrogen-bond acceptors (Lipinski definition) is 8. The Morgan fingerprint density at radius 3 is 2.84 bits per heavy atom. The van der Waals surface area contributed by atoms with E-state index in [0.29, 0.717) is 50.4 Å². The lowest BCUT2D eigenvalue weighted by molar-refractivity contribution is -0.0552. The van der Waals surface area contributed by atoms with Gasteiger partial charge in [0.1, 0.15) is 5.60 Å². The first-order valence-electron chi connectivity index (χ1n) is 8.81. The van der Waals surface area contributed by atoms with Crippen molar-refractivity contribution in [3.8, 4) is 11.7 Å². The third-order valence-corrected chi connectivity index (χ3v) is 4.71. The molecule has 0 spiro atoms. The summed E-state index contributed by atoms with van der Waals surface area (Å²) in [6.45, 7) is 5.44. The van der Waals surface area contributed by atoms with Crippen LogP contribution in [0.3, 0.4) is 0 Å². The molecule has 4 rings (SSSR count). The highest BCUT2D eigenvalue weighted by molar-refractivity contribution is 5.42. The van der Waals surface area contributed by atoms with Crippen LogP contribution in [-0.4, -0.2) is 76.6 Å². The number of rotatable bonds is 5. The number of furan rings is 1. The summed E-state index contributed by atoms with van der Waals surface area (Å²) < 4.78 is 16.6. The Bertz CT molecular complexity index is 668. The van der Waals surface area contributed by atoms with Gasteiger partial charge in [0, 0.05) is 19.6 Å². The number of hydrogen-bond donors (Lipinski definition) is 1. The zero-order valence-electron chi connectivity index (χ0n) is 14.3. The van der Waals surface area contributed by atoms with Crippen molar-refractivity contribution in [1.29, 1.82) is 0 Å². The fraction of sp³-hybridized carbons (Fsp3) is 0.647. The van der Waals surface area contributed by atoms with E-state index in [9.17, 15) is 5.11 Å². The van der Waals surface area contributed by atoms with Crippen LogP contribution < -0.4 is 0 Å². The Morgan fingerprint density at radius 2 is 2.04 bits per heavy atom. The Morgan fingerprint density at radius 1 is 1.16 bits per heavy atom. The molecule has 8 heteroatoms. The van der Waals surface area contributed by atoms with Gasteiger partial charge in [-0.25, -0.2) is 0 Å². The smallest absolute Gasteiger partial charge is 0.283 e. The highest BCUT2D eigenvalue weighted by Gasteiger charge is 2.35. The largest absolute Gasteiger partial charge is 0.459 e. The molecule has 0 unspecified atom stereocenters. The molecular formula is C17H24N4O4. The van der Waals surface area contributed by atoms with E-state index in [1.165, 1.54) is 12.8 Å². The molecule has 2 aromatic heterocycles. The van der Waals surface area contributed by atoms with Gasteiger partial charge >= 0.3 is 0 Å². The molecule has 0 amide bonds. The molecule has 0 radical (unpaired) electrons. The van der Waals surface area contributed by atoms with Crippen LogP contribution in [0.25, 0.3) is 11.7 Å². The molecule has 2 aromatic rings. The van der Waals surface area contributed by atoms with Gasteiger partial charge in [-0.2, -0.15) is 0 Å². The van der Waals surface area contributed by atoms with Gasteiger partial charge in [-0.15, -0.1) is 10.2 Å². The minimum atomic E-state index is -0.870. The molecule has 1 N–H and O–H groups in total. The minimum Gasteiger partial charge on any atom is -0.459 e. The van der Waals surface area contributed by atoms with Gasteiger partial charge < -0.3 is 23.6 Å². The Kier molecular flexibility index (Phi) is 4.85. The predicted molar refractivity (Wildman–Crippen MR) is 88.7 cm³/mol. The van der Waals surface area contributed by atoms with Crippen molar-refractivity contribution < 1.29 is 18.7 Å². The summed E-state index contributed by atoms with van der Waals surface area (Å²) in [7, 11) is 0. The van der Waals surface area contributed by atoms with E-state index in [2.05, 4.69) is 20.0 Å². The Hall–Kier alpha value is -1.74. The molecule has 25 heavy (non-hydrogen) atoms. The normalized spacial score (nSPS) is 26.1. The zero-order chi connectivity index (χ0) is 17.1. The molecule has 2 aliphatic heterocycles. The second-order valence-electron chi connectivity index (χ2n) is 6.95. The summed E-state index contributed by atoms with van der Waals surface area (Å²) in [6, 6.07) is 3.57. The van der Waals surface area contributed by atoms with Crippen LogP contribution in [0.2, 0.25) is 0 Å². The van der Waals surface area contributed by atoms with Gasteiger partial charge in [0.05, 0.1) is 26.0 Å². The van der Waals surface area contributed by atoms with Crippen molar-refractivity contribution >= 4 is 0 Å². The lowest BCUT2D eigenvalue weighted by Gasteiger charge is -2.33. The van der Waals surface area contributed by atoms with Crippen molar-refractivity contribution in [2.45, 2.75) is 25.0 Å². The van der Waals surface area contributed by atoms with E-state index in [1.54, 1.807) is 18.4 Å². The fourth-order valence-corrected chi connectivity index (χ4v) is 3.59. The first-order chi connectivity index (χ1) is 12.2. The highest BCUT2D eigenvalue weighted by Crippen LogP contribution is 2.21. The molecule has 8 nitrogen and oxygen atoms in total. The van der Waals surface area contributed by atoms with Gasteiger partial charge in [0.15, 0.2) is 5.76 Å².